The van der Waals surface area contributed by atoms with Crippen LogP contribution in [0.3, 0.4) is 0 Å². The molecule has 40 heavy (non-hydrogen) atoms. The highest BCUT2D eigenvalue weighted by Crippen LogP contribution is 2.42. The molecule has 1 aromatic carbocycles. The van der Waals surface area contributed by atoms with Crippen LogP contribution in [0.2, 0.25) is 0 Å². The molecule has 0 saturated carbocycles. The zero-order valence-corrected chi connectivity index (χ0v) is 26.4. The predicted molar refractivity (Wildman–Crippen MR) is 165 cm³/mol. The summed E-state index contributed by atoms with van der Waals surface area (Å²) in [5, 5.41) is 1.21. The number of carbonyl (C=O) groups is 1. The molecule has 4 heterocycles. The molecular formula is C32H43BrN4O3. The van der Waals surface area contributed by atoms with Gasteiger partial charge < -0.3 is 18.9 Å². The number of hydrogen-bond acceptors (Lipinski definition) is 6. The molecule has 2 atom stereocenters. The van der Waals surface area contributed by atoms with Crippen molar-refractivity contribution in [2.24, 2.45) is 5.41 Å². The van der Waals surface area contributed by atoms with Gasteiger partial charge in [0.2, 0.25) is 0 Å². The Bertz CT molecular complexity index is 1380. The molecule has 3 aromatic rings. The van der Waals surface area contributed by atoms with Crippen molar-refractivity contribution in [1.29, 1.82) is 0 Å². The fourth-order valence-corrected chi connectivity index (χ4v) is 6.89. The molecule has 0 radical (unpaired) electrons. The van der Waals surface area contributed by atoms with E-state index in [1.165, 1.54) is 54.2 Å². The van der Waals surface area contributed by atoms with Gasteiger partial charge in [0.25, 0.3) is 0 Å². The number of ether oxygens (including phenoxy) is 2. The van der Waals surface area contributed by atoms with Crippen molar-refractivity contribution in [1.82, 2.24) is 14.5 Å². The fraction of sp³-hybridized carbons (Fsp3) is 0.562. The average Bonchev–Trinajstić information content (AvgIpc) is 3.52. The summed E-state index contributed by atoms with van der Waals surface area (Å²) in [5.41, 5.74) is 6.60. The fourth-order valence-electron chi connectivity index (χ4n) is 6.53. The van der Waals surface area contributed by atoms with Crippen molar-refractivity contribution >= 4 is 38.5 Å². The van der Waals surface area contributed by atoms with Gasteiger partial charge in [-0.25, -0.2) is 0 Å². The van der Waals surface area contributed by atoms with E-state index in [4.69, 9.17) is 14.5 Å². The van der Waals surface area contributed by atoms with Gasteiger partial charge in [0, 0.05) is 72.6 Å². The minimum Gasteiger partial charge on any atom is -0.465 e. The molecule has 8 heteroatoms. The van der Waals surface area contributed by atoms with Crippen molar-refractivity contribution in [3.8, 4) is 11.3 Å². The number of hydrogen-bond donors (Lipinski definition) is 0. The maximum atomic E-state index is 11.7. The van der Waals surface area contributed by atoms with Crippen molar-refractivity contribution in [2.45, 2.75) is 72.6 Å². The lowest BCUT2D eigenvalue weighted by atomic mass is 9.84. The van der Waals surface area contributed by atoms with Crippen LogP contribution in [0.4, 0.5) is 5.69 Å². The Hall–Kier alpha value is -2.42. The van der Waals surface area contributed by atoms with Crippen molar-refractivity contribution in [2.75, 3.05) is 44.8 Å². The van der Waals surface area contributed by atoms with Gasteiger partial charge in [-0.3, -0.25) is 14.7 Å². The Labute approximate surface area is 247 Å². The molecule has 216 valence electrons. The lowest BCUT2D eigenvalue weighted by Gasteiger charge is -2.39. The van der Waals surface area contributed by atoms with Gasteiger partial charge in [0.15, 0.2) is 0 Å². The highest BCUT2D eigenvalue weighted by molar-refractivity contribution is 9.10. The number of nitrogens with zero attached hydrogens (tertiary/aromatic N) is 4. The van der Waals surface area contributed by atoms with E-state index in [0.29, 0.717) is 12.6 Å². The molecular weight excluding hydrogens is 568 g/mol. The van der Waals surface area contributed by atoms with E-state index in [9.17, 15) is 4.79 Å². The second kappa shape index (κ2) is 11.8. The second-order valence-corrected chi connectivity index (χ2v) is 13.1. The van der Waals surface area contributed by atoms with Crippen LogP contribution in [0.5, 0.6) is 0 Å². The highest BCUT2D eigenvalue weighted by atomic mass is 79.9. The van der Waals surface area contributed by atoms with E-state index >= 15 is 0 Å². The average molecular weight is 612 g/mol. The van der Waals surface area contributed by atoms with Crippen LogP contribution in [0, 0.1) is 5.41 Å². The van der Waals surface area contributed by atoms with Crippen LogP contribution in [0.25, 0.3) is 22.2 Å². The molecule has 7 nitrogen and oxygen atoms in total. The van der Waals surface area contributed by atoms with Gasteiger partial charge >= 0.3 is 5.97 Å². The number of methoxy groups -OCH3 is 1. The van der Waals surface area contributed by atoms with Crippen LogP contribution in [-0.4, -0.2) is 66.4 Å². The van der Waals surface area contributed by atoms with Gasteiger partial charge in [-0.1, -0.05) is 29.8 Å². The molecule has 1 unspecified atom stereocenters. The van der Waals surface area contributed by atoms with Crippen LogP contribution < -0.4 is 4.90 Å². The number of pyridine rings is 1. The lowest BCUT2D eigenvalue weighted by molar-refractivity contribution is -0.143. The first kappa shape index (κ1) is 29.1. The molecule has 0 amide bonds. The molecule has 2 saturated heterocycles. The summed E-state index contributed by atoms with van der Waals surface area (Å²) in [6, 6.07) is 9.51. The van der Waals surface area contributed by atoms with E-state index in [-0.39, 0.29) is 17.5 Å². The number of esters is 1. The summed E-state index contributed by atoms with van der Waals surface area (Å²) in [6.45, 7) is 15.7. The standard InChI is InChI=1S/C32H43BrN4O3/c1-7-37-29-11-10-23(33)15-26(29)28(17-32(4,5)20-40-22(3)38)31(37)27-16-25(18-34-30(27)21(2)39-6)36-14-13-35-12-8-9-24(35)19-36/h10-11,15-16,18,21,24H,7-9,12-14,17,19-20H2,1-6H3/t21?,24-/m1/s1. The monoisotopic (exact) mass is 610 g/mol. The largest absolute Gasteiger partial charge is 0.465 e. The quantitative estimate of drug-likeness (QED) is 0.254. The molecule has 0 spiro atoms. The number of benzene rings is 1. The van der Waals surface area contributed by atoms with Crippen molar-refractivity contribution in [3.63, 3.8) is 0 Å². The molecule has 2 aliphatic heterocycles. The first-order valence-corrected chi connectivity index (χ1v) is 15.4. The van der Waals surface area contributed by atoms with E-state index in [2.05, 4.69) is 82.3 Å². The maximum Gasteiger partial charge on any atom is 0.302 e. The van der Waals surface area contributed by atoms with Gasteiger partial charge in [0.05, 0.1) is 36.0 Å². The number of fused-ring (bicyclic) bond motifs is 2. The summed E-state index contributed by atoms with van der Waals surface area (Å²) in [4.78, 5) is 21.9. The normalized spacial score (nSPS) is 18.8. The third-order valence-electron chi connectivity index (χ3n) is 8.62. The third kappa shape index (κ3) is 5.81. The van der Waals surface area contributed by atoms with Gasteiger partial charge in [-0.05, 0) is 69.5 Å². The Morgan fingerprint density at radius 3 is 2.75 bits per heavy atom. The topological polar surface area (TPSA) is 59.8 Å². The number of aromatic nitrogens is 2. The van der Waals surface area contributed by atoms with Crippen molar-refractivity contribution in [3.05, 3.63) is 46.2 Å². The van der Waals surface area contributed by atoms with Crippen LogP contribution >= 0.6 is 15.9 Å². The summed E-state index contributed by atoms with van der Waals surface area (Å²) in [5.74, 6) is -0.248. The van der Waals surface area contributed by atoms with Gasteiger partial charge in [-0.15, -0.1) is 0 Å². The summed E-state index contributed by atoms with van der Waals surface area (Å²) >= 11 is 3.72. The summed E-state index contributed by atoms with van der Waals surface area (Å²) < 4.78 is 14.8. The third-order valence-corrected chi connectivity index (χ3v) is 9.11. The predicted octanol–water partition coefficient (Wildman–Crippen LogP) is 6.61. The molecule has 2 aliphatic rings. The number of aryl methyl sites for hydroxylation is 1. The lowest BCUT2D eigenvalue weighted by Crippen LogP contribution is -2.50. The maximum absolute atomic E-state index is 11.7. The number of piperazine rings is 1. The molecule has 0 N–H and O–H groups in total. The van der Waals surface area contributed by atoms with E-state index in [1.807, 2.05) is 6.20 Å². The van der Waals surface area contributed by atoms with E-state index in [0.717, 1.165) is 48.3 Å². The Balaban J connectivity index is 1.68. The Morgan fingerprint density at radius 2 is 2.02 bits per heavy atom. The molecule has 5 rings (SSSR count). The molecule has 0 bridgehead atoms. The zero-order valence-electron chi connectivity index (χ0n) is 24.8. The number of carbonyl (C=O) groups excluding carboxylic acids is 1. The van der Waals surface area contributed by atoms with E-state index < -0.39 is 0 Å². The highest BCUT2D eigenvalue weighted by Gasteiger charge is 2.32. The first-order valence-electron chi connectivity index (χ1n) is 14.6. The molecule has 0 aliphatic carbocycles. The minimum atomic E-state index is -0.257. The SMILES string of the molecule is CCn1c(-c2cc(N3CCN4CCC[C@@H]4C3)cnc2C(C)OC)c(CC(C)(C)COC(C)=O)c2cc(Br)ccc21. The van der Waals surface area contributed by atoms with Crippen LogP contribution in [0.15, 0.2) is 34.9 Å². The molecule has 2 fully saturated rings. The Morgan fingerprint density at radius 1 is 1.23 bits per heavy atom. The number of halogens is 1. The minimum absolute atomic E-state index is 0.160. The number of anilines is 1. The van der Waals surface area contributed by atoms with Gasteiger partial charge in [0.1, 0.15) is 0 Å². The molecule has 2 aromatic heterocycles. The van der Waals surface area contributed by atoms with Crippen LogP contribution in [0.1, 0.15) is 64.8 Å². The van der Waals surface area contributed by atoms with Crippen molar-refractivity contribution < 1.29 is 14.3 Å². The number of rotatable bonds is 9. The van der Waals surface area contributed by atoms with Crippen LogP contribution in [-0.2, 0) is 27.2 Å². The first-order chi connectivity index (χ1) is 19.1. The second-order valence-electron chi connectivity index (χ2n) is 12.1. The zero-order chi connectivity index (χ0) is 28.6. The summed E-state index contributed by atoms with van der Waals surface area (Å²) in [7, 11) is 1.75. The Kier molecular flexibility index (Phi) is 8.60. The van der Waals surface area contributed by atoms with E-state index in [1.54, 1.807) is 7.11 Å². The smallest absolute Gasteiger partial charge is 0.302 e. The van der Waals surface area contributed by atoms with Gasteiger partial charge in [-0.2, -0.15) is 0 Å². The summed E-state index contributed by atoms with van der Waals surface area (Å²) in [6.07, 6.45) is 5.20.